The van der Waals surface area contributed by atoms with Crippen molar-refractivity contribution in [1.29, 1.82) is 5.26 Å². The third-order valence-electron chi connectivity index (χ3n) is 9.91. The average Bonchev–Trinajstić information content (AvgIpc) is 3.33. The van der Waals surface area contributed by atoms with Gasteiger partial charge in [-0.2, -0.15) is 5.26 Å². The second-order valence-electron chi connectivity index (χ2n) is 11.4. The molecule has 1 aromatic heterocycles. The number of Topliss-reactive ketones (excluding diaryl/α,β-unsaturated/α-hetero) is 1. The maximum absolute atomic E-state index is 13.8. The van der Waals surface area contributed by atoms with E-state index in [0.29, 0.717) is 17.4 Å². The van der Waals surface area contributed by atoms with Crippen molar-refractivity contribution < 1.29 is 24.2 Å². The number of carbonyl (C=O) groups excluding carboxylic acids is 2. The molecular weight excluding hydrogens is 524 g/mol. The molecule has 1 N–H and O–H groups in total. The SMILES string of the molecule is C[C@]12C=CC(=O)C=C1CC[C@@H]1[C@@H]2[C@@H](O)C[C@@]2(C)[C@H]1C[C@H]1OC(c3ccnc(Br)c3)O[C@]12C(=O)CC#N. The summed E-state index contributed by atoms with van der Waals surface area (Å²) in [5.74, 6) is -0.117. The molecule has 3 saturated carbocycles. The van der Waals surface area contributed by atoms with Gasteiger partial charge < -0.3 is 14.6 Å². The zero-order valence-electron chi connectivity index (χ0n) is 20.3. The van der Waals surface area contributed by atoms with E-state index in [2.05, 4.69) is 34.8 Å². The highest BCUT2D eigenvalue weighted by Gasteiger charge is 2.75. The van der Waals surface area contributed by atoms with Gasteiger partial charge in [-0.1, -0.05) is 25.5 Å². The topological polar surface area (TPSA) is 110 Å². The fraction of sp³-hybridized carbons (Fsp3) is 0.571. The minimum Gasteiger partial charge on any atom is -0.393 e. The molecule has 8 heteroatoms. The summed E-state index contributed by atoms with van der Waals surface area (Å²) in [5, 5.41) is 21.2. The van der Waals surface area contributed by atoms with Crippen LogP contribution in [0.1, 0.15) is 57.8 Å². The molecule has 0 bridgehead atoms. The van der Waals surface area contributed by atoms with Gasteiger partial charge in [-0.15, -0.1) is 0 Å². The second kappa shape index (κ2) is 8.16. The Morgan fingerprint density at radius 1 is 1.39 bits per heavy atom. The quantitative estimate of drug-likeness (QED) is 0.554. The van der Waals surface area contributed by atoms with Gasteiger partial charge in [0.2, 0.25) is 0 Å². The molecule has 1 aromatic rings. The lowest BCUT2D eigenvalue weighted by Gasteiger charge is -2.59. The van der Waals surface area contributed by atoms with Crippen LogP contribution in [0.4, 0.5) is 0 Å². The third kappa shape index (κ3) is 3.10. The summed E-state index contributed by atoms with van der Waals surface area (Å²) in [6.07, 6.45) is 7.38. The Labute approximate surface area is 218 Å². The van der Waals surface area contributed by atoms with Crippen LogP contribution in [0.3, 0.4) is 0 Å². The number of carbonyl (C=O) groups is 2. The van der Waals surface area contributed by atoms with E-state index in [1.54, 1.807) is 24.4 Å². The zero-order chi connectivity index (χ0) is 25.5. The highest BCUT2D eigenvalue weighted by Crippen LogP contribution is 2.70. The van der Waals surface area contributed by atoms with Crippen molar-refractivity contribution in [2.75, 3.05) is 0 Å². The van der Waals surface area contributed by atoms with Crippen LogP contribution >= 0.6 is 15.9 Å². The van der Waals surface area contributed by atoms with E-state index in [1.165, 1.54) is 0 Å². The molecule has 5 aliphatic rings. The van der Waals surface area contributed by atoms with Crippen LogP contribution in [0.25, 0.3) is 0 Å². The van der Waals surface area contributed by atoms with Crippen molar-refractivity contribution in [3.8, 4) is 6.07 Å². The predicted molar refractivity (Wildman–Crippen MR) is 132 cm³/mol. The molecule has 9 atom stereocenters. The fourth-order valence-electron chi connectivity index (χ4n) is 8.48. The molecule has 4 fully saturated rings. The summed E-state index contributed by atoms with van der Waals surface area (Å²) in [6.45, 7) is 4.18. The number of hydrogen-bond acceptors (Lipinski definition) is 7. The van der Waals surface area contributed by atoms with E-state index in [9.17, 15) is 20.0 Å². The maximum atomic E-state index is 13.8. The van der Waals surface area contributed by atoms with Crippen LogP contribution in [-0.4, -0.2) is 39.5 Å². The van der Waals surface area contributed by atoms with Crippen molar-refractivity contribution in [3.63, 3.8) is 0 Å². The number of nitriles is 1. The Kier molecular flexibility index (Phi) is 5.48. The fourth-order valence-corrected chi connectivity index (χ4v) is 8.87. The van der Waals surface area contributed by atoms with Crippen LogP contribution in [0.2, 0.25) is 0 Å². The van der Waals surface area contributed by atoms with Crippen LogP contribution in [0, 0.1) is 39.9 Å². The van der Waals surface area contributed by atoms with Crippen molar-refractivity contribution >= 4 is 27.5 Å². The number of nitrogens with zero attached hydrogens (tertiary/aromatic N) is 2. The number of hydrogen-bond donors (Lipinski definition) is 1. The summed E-state index contributed by atoms with van der Waals surface area (Å²) in [6, 6.07) is 5.64. The first-order chi connectivity index (χ1) is 17.1. The van der Waals surface area contributed by atoms with Gasteiger partial charge in [-0.3, -0.25) is 9.59 Å². The molecule has 0 amide bonds. The Balaban J connectivity index is 1.41. The zero-order valence-corrected chi connectivity index (χ0v) is 21.9. The number of ketones is 2. The lowest BCUT2D eigenvalue weighted by molar-refractivity contribution is -0.199. The second-order valence-corrected chi connectivity index (χ2v) is 12.2. The molecule has 0 aromatic carbocycles. The first-order valence-corrected chi connectivity index (χ1v) is 13.4. The third-order valence-corrected chi connectivity index (χ3v) is 10.3. The van der Waals surface area contributed by atoms with Crippen molar-refractivity contribution in [2.24, 2.45) is 28.6 Å². The lowest BCUT2D eigenvalue weighted by Crippen LogP contribution is -2.63. The monoisotopic (exact) mass is 552 g/mol. The molecule has 0 spiro atoms. The number of halogens is 1. The van der Waals surface area contributed by atoms with Gasteiger partial charge in [0.25, 0.3) is 0 Å². The van der Waals surface area contributed by atoms with E-state index in [4.69, 9.17) is 9.47 Å². The molecule has 0 radical (unpaired) electrons. The maximum Gasteiger partial charge on any atom is 0.185 e. The Bertz CT molecular complexity index is 1250. The largest absolute Gasteiger partial charge is 0.393 e. The number of fused-ring (bicyclic) bond motifs is 7. The van der Waals surface area contributed by atoms with Crippen molar-refractivity contribution in [3.05, 3.63) is 52.3 Å². The highest BCUT2D eigenvalue weighted by atomic mass is 79.9. The van der Waals surface area contributed by atoms with Gasteiger partial charge in [0.1, 0.15) is 4.60 Å². The van der Waals surface area contributed by atoms with Gasteiger partial charge in [0, 0.05) is 28.5 Å². The number of aliphatic hydroxyl groups is 1. The van der Waals surface area contributed by atoms with Crippen LogP contribution in [-0.2, 0) is 19.1 Å². The normalized spacial score (nSPS) is 44.6. The molecule has 1 saturated heterocycles. The van der Waals surface area contributed by atoms with Crippen molar-refractivity contribution in [2.45, 2.75) is 70.1 Å². The average molecular weight is 553 g/mol. The van der Waals surface area contributed by atoms with Crippen LogP contribution < -0.4 is 0 Å². The molecule has 1 aliphatic heterocycles. The van der Waals surface area contributed by atoms with E-state index in [1.807, 2.05) is 18.2 Å². The van der Waals surface area contributed by atoms with Gasteiger partial charge in [0.05, 0.1) is 24.7 Å². The Morgan fingerprint density at radius 3 is 2.94 bits per heavy atom. The van der Waals surface area contributed by atoms with Crippen LogP contribution in [0.15, 0.2) is 46.7 Å². The molecule has 1 unspecified atom stereocenters. The Morgan fingerprint density at radius 2 is 2.19 bits per heavy atom. The smallest absolute Gasteiger partial charge is 0.185 e. The standard InChI is InChI=1S/C28H29BrN2O5/c1-26-8-5-17(32)12-16(26)3-4-18-19-13-22-28(21(34)6-9-30,27(19,2)14-20(33)24(18)26)36-25(35-22)15-7-10-31-23(29)11-15/h5,7-8,10-12,18-20,22,24-25,33H,3-4,6,13-14H2,1-2H3/t18-,19-,20-,22+,24+,25?,26-,27-,28+/m0/s1. The predicted octanol–water partition coefficient (Wildman–Crippen LogP) is 4.37. The highest BCUT2D eigenvalue weighted by molar-refractivity contribution is 9.10. The van der Waals surface area contributed by atoms with E-state index in [-0.39, 0.29) is 35.7 Å². The summed E-state index contributed by atoms with van der Waals surface area (Å²) < 4.78 is 13.7. The minimum absolute atomic E-state index is 0.00287. The minimum atomic E-state index is -1.31. The number of pyridine rings is 1. The molecule has 36 heavy (non-hydrogen) atoms. The molecule has 2 heterocycles. The van der Waals surface area contributed by atoms with Gasteiger partial charge >= 0.3 is 0 Å². The number of rotatable bonds is 3. The summed E-state index contributed by atoms with van der Waals surface area (Å²) in [5.41, 5.74) is -0.566. The van der Waals surface area contributed by atoms with Crippen molar-refractivity contribution in [1.82, 2.24) is 4.98 Å². The number of ether oxygens (including phenoxy) is 2. The number of aromatic nitrogens is 1. The van der Waals surface area contributed by atoms with Gasteiger partial charge in [-0.05, 0) is 77.7 Å². The first kappa shape index (κ1) is 24.2. The number of aliphatic hydroxyl groups excluding tert-OH is 1. The van der Waals surface area contributed by atoms with E-state index in [0.717, 1.165) is 24.0 Å². The summed E-state index contributed by atoms with van der Waals surface area (Å²) >= 11 is 3.39. The van der Waals surface area contributed by atoms with Gasteiger partial charge in [0.15, 0.2) is 23.5 Å². The summed E-state index contributed by atoms with van der Waals surface area (Å²) in [7, 11) is 0. The first-order valence-electron chi connectivity index (χ1n) is 12.6. The van der Waals surface area contributed by atoms with Crippen LogP contribution in [0.5, 0.6) is 0 Å². The molecule has 188 valence electrons. The lowest BCUT2D eigenvalue weighted by atomic mass is 9.46. The summed E-state index contributed by atoms with van der Waals surface area (Å²) in [4.78, 5) is 30.0. The molecule has 4 aliphatic carbocycles. The van der Waals surface area contributed by atoms with E-state index >= 15 is 0 Å². The van der Waals surface area contributed by atoms with Gasteiger partial charge in [-0.25, -0.2) is 4.98 Å². The molecule has 6 rings (SSSR count). The number of allylic oxidation sites excluding steroid dienone is 4. The Hall–Kier alpha value is -2.18. The molecule has 7 nitrogen and oxygen atoms in total. The van der Waals surface area contributed by atoms with E-state index < -0.39 is 34.9 Å². The molecular formula is C28H29BrN2O5.